The summed E-state index contributed by atoms with van der Waals surface area (Å²) in [5, 5.41) is 8.97. The minimum absolute atomic E-state index is 0.246. The Hall–Kier alpha value is -3.26. The number of hydrogen-bond donors (Lipinski definition) is 1. The predicted molar refractivity (Wildman–Crippen MR) is 128 cm³/mol. The number of aromatic nitrogens is 2. The van der Waals surface area contributed by atoms with Crippen LogP contribution in [0.15, 0.2) is 90.2 Å². The van der Waals surface area contributed by atoms with Gasteiger partial charge in [-0.05, 0) is 59.8 Å². The summed E-state index contributed by atoms with van der Waals surface area (Å²) in [5.41, 5.74) is 7.92. The monoisotopic (exact) mass is 506 g/mol. The fourth-order valence-corrected chi connectivity index (χ4v) is 3.71. The second kappa shape index (κ2) is 9.04. The molecule has 0 saturated carbocycles. The van der Waals surface area contributed by atoms with Crippen molar-refractivity contribution in [2.75, 3.05) is 0 Å². The largest absolute Gasteiger partial charge is 0.272 e. The number of hydrazone groups is 1. The lowest BCUT2D eigenvalue weighted by molar-refractivity contribution is 0.0954. The third-order valence-corrected chi connectivity index (χ3v) is 5.48. The van der Waals surface area contributed by atoms with Gasteiger partial charge in [-0.2, -0.15) is 10.2 Å². The van der Waals surface area contributed by atoms with E-state index in [1.165, 1.54) is 0 Å². The molecule has 0 unspecified atom stereocenters. The normalized spacial score (nSPS) is 11.0. The van der Waals surface area contributed by atoms with Gasteiger partial charge in [-0.15, -0.1) is 0 Å². The molecule has 0 aliphatic rings. The predicted octanol–water partition coefficient (Wildman–Crippen LogP) is 5.22. The fourth-order valence-electron chi connectivity index (χ4n) is 3.08. The molecule has 0 fully saturated rings. The first-order valence-corrected chi connectivity index (χ1v) is 10.5. The quantitative estimate of drug-likeness (QED) is 0.229. The van der Waals surface area contributed by atoms with Crippen LogP contribution in [0.2, 0.25) is 0 Å². The molecule has 1 amide bonds. The number of carbonyl (C=O) groups is 1. The molecule has 0 saturated heterocycles. The van der Waals surface area contributed by atoms with Crippen molar-refractivity contribution in [1.82, 2.24) is 15.2 Å². The molecule has 4 aromatic rings. The standard InChI is InChI=1S/C24H19IN4O/c1-17-8-7-9-18(14-17)23-19(16-29(28-23)20-10-3-2-4-11-20)15-26-27-24(30)21-12-5-6-13-22(21)25/h2-16H,1H3,(H,27,30)/b26-15-. The number of nitrogens with one attached hydrogen (secondary N) is 1. The smallest absolute Gasteiger partial charge is 0.267 e. The van der Waals surface area contributed by atoms with Crippen molar-refractivity contribution in [2.24, 2.45) is 5.10 Å². The number of carbonyl (C=O) groups excluding carboxylic acids is 1. The Balaban J connectivity index is 1.66. The molecule has 0 radical (unpaired) electrons. The maximum Gasteiger partial charge on any atom is 0.272 e. The van der Waals surface area contributed by atoms with Gasteiger partial charge in [0, 0.05) is 20.9 Å². The van der Waals surface area contributed by atoms with Crippen LogP contribution in [0.25, 0.3) is 16.9 Å². The number of benzene rings is 3. The van der Waals surface area contributed by atoms with Gasteiger partial charge in [0.25, 0.3) is 5.91 Å². The molecule has 0 atom stereocenters. The van der Waals surface area contributed by atoms with E-state index in [2.05, 4.69) is 39.2 Å². The number of rotatable bonds is 5. The minimum atomic E-state index is -0.246. The SMILES string of the molecule is Cc1cccc(-c2nn(-c3ccccc3)cc2/C=N\NC(=O)c2ccccc2I)c1. The molecular weight excluding hydrogens is 487 g/mol. The molecule has 0 spiro atoms. The lowest BCUT2D eigenvalue weighted by Crippen LogP contribution is -2.18. The number of amides is 1. The van der Waals surface area contributed by atoms with E-state index >= 15 is 0 Å². The maximum atomic E-state index is 12.4. The molecule has 3 aromatic carbocycles. The molecule has 0 aliphatic heterocycles. The van der Waals surface area contributed by atoms with Crippen LogP contribution < -0.4 is 5.43 Å². The van der Waals surface area contributed by atoms with Gasteiger partial charge < -0.3 is 0 Å². The third kappa shape index (κ3) is 4.49. The summed E-state index contributed by atoms with van der Waals surface area (Å²) in [4.78, 5) is 12.4. The first-order valence-electron chi connectivity index (χ1n) is 9.42. The second-order valence-electron chi connectivity index (χ2n) is 6.76. The zero-order valence-electron chi connectivity index (χ0n) is 16.3. The minimum Gasteiger partial charge on any atom is -0.267 e. The Morgan fingerprint density at radius 2 is 1.80 bits per heavy atom. The summed E-state index contributed by atoms with van der Waals surface area (Å²) < 4.78 is 2.70. The van der Waals surface area contributed by atoms with Crippen molar-refractivity contribution in [3.05, 3.63) is 105 Å². The van der Waals surface area contributed by atoms with Crippen LogP contribution in [-0.2, 0) is 0 Å². The van der Waals surface area contributed by atoms with Crippen molar-refractivity contribution in [2.45, 2.75) is 6.92 Å². The van der Waals surface area contributed by atoms with Gasteiger partial charge in [0.15, 0.2) is 0 Å². The summed E-state index contributed by atoms with van der Waals surface area (Å²) >= 11 is 2.14. The van der Waals surface area contributed by atoms with E-state index in [-0.39, 0.29) is 5.91 Å². The molecule has 4 rings (SSSR count). The third-order valence-electron chi connectivity index (χ3n) is 4.54. The van der Waals surface area contributed by atoms with Gasteiger partial charge in [0.2, 0.25) is 0 Å². The summed E-state index contributed by atoms with van der Waals surface area (Å²) in [6.07, 6.45) is 3.55. The van der Waals surface area contributed by atoms with Crippen LogP contribution in [-0.4, -0.2) is 21.9 Å². The van der Waals surface area contributed by atoms with Gasteiger partial charge >= 0.3 is 0 Å². The van der Waals surface area contributed by atoms with Crippen molar-refractivity contribution in [3.8, 4) is 16.9 Å². The van der Waals surface area contributed by atoms with Crippen molar-refractivity contribution >= 4 is 34.7 Å². The Bertz CT molecular complexity index is 1210. The van der Waals surface area contributed by atoms with Crippen molar-refractivity contribution in [3.63, 3.8) is 0 Å². The molecule has 6 heteroatoms. The first-order chi connectivity index (χ1) is 14.6. The van der Waals surface area contributed by atoms with Crippen LogP contribution >= 0.6 is 22.6 Å². The molecular formula is C24H19IN4O. The van der Waals surface area contributed by atoms with Gasteiger partial charge in [0.1, 0.15) is 5.69 Å². The van der Waals surface area contributed by atoms with Crippen LogP contribution in [0.1, 0.15) is 21.5 Å². The molecule has 30 heavy (non-hydrogen) atoms. The van der Waals surface area contributed by atoms with Gasteiger partial charge in [-0.25, -0.2) is 10.1 Å². The summed E-state index contributed by atoms with van der Waals surface area (Å²) in [6.45, 7) is 2.05. The number of para-hydroxylation sites is 1. The average Bonchev–Trinajstić information content (AvgIpc) is 3.19. The number of nitrogens with zero attached hydrogens (tertiary/aromatic N) is 3. The summed E-state index contributed by atoms with van der Waals surface area (Å²) in [6, 6.07) is 25.5. The van der Waals surface area contributed by atoms with Crippen LogP contribution in [0.3, 0.4) is 0 Å². The van der Waals surface area contributed by atoms with Crippen molar-refractivity contribution < 1.29 is 4.79 Å². The zero-order valence-corrected chi connectivity index (χ0v) is 18.4. The van der Waals surface area contributed by atoms with Crippen LogP contribution in [0.5, 0.6) is 0 Å². The Kier molecular flexibility index (Phi) is 6.04. The number of hydrogen-bond acceptors (Lipinski definition) is 3. The number of halogens is 1. The highest BCUT2D eigenvalue weighted by atomic mass is 127. The molecule has 1 N–H and O–H groups in total. The van der Waals surface area contributed by atoms with Crippen LogP contribution in [0.4, 0.5) is 0 Å². The molecule has 1 heterocycles. The maximum absolute atomic E-state index is 12.4. The Morgan fingerprint density at radius 3 is 2.57 bits per heavy atom. The first kappa shape index (κ1) is 20.0. The molecule has 1 aromatic heterocycles. The highest BCUT2D eigenvalue weighted by Gasteiger charge is 2.12. The van der Waals surface area contributed by atoms with E-state index in [0.717, 1.165) is 31.6 Å². The van der Waals surface area contributed by atoms with E-state index in [1.807, 2.05) is 84.5 Å². The molecule has 0 bridgehead atoms. The zero-order chi connectivity index (χ0) is 20.9. The Morgan fingerprint density at radius 1 is 1.03 bits per heavy atom. The Labute approximate surface area is 188 Å². The van der Waals surface area contributed by atoms with Gasteiger partial charge in [0.05, 0.1) is 17.5 Å². The molecule has 148 valence electrons. The van der Waals surface area contributed by atoms with E-state index < -0.39 is 0 Å². The van der Waals surface area contributed by atoms with Gasteiger partial charge in [-0.3, -0.25) is 4.79 Å². The van der Waals surface area contributed by atoms with E-state index in [9.17, 15) is 4.79 Å². The molecule has 0 aliphatic carbocycles. The lowest BCUT2D eigenvalue weighted by Gasteiger charge is -2.02. The topological polar surface area (TPSA) is 59.3 Å². The second-order valence-corrected chi connectivity index (χ2v) is 7.92. The number of aryl methyl sites for hydroxylation is 1. The summed E-state index contributed by atoms with van der Waals surface area (Å²) in [7, 11) is 0. The molecule has 5 nitrogen and oxygen atoms in total. The van der Waals surface area contributed by atoms with E-state index in [0.29, 0.717) is 5.56 Å². The highest BCUT2D eigenvalue weighted by molar-refractivity contribution is 14.1. The van der Waals surface area contributed by atoms with E-state index in [4.69, 9.17) is 5.10 Å². The average molecular weight is 506 g/mol. The van der Waals surface area contributed by atoms with Gasteiger partial charge in [-0.1, -0.05) is 54.1 Å². The fraction of sp³-hybridized carbons (Fsp3) is 0.0417. The van der Waals surface area contributed by atoms with Crippen LogP contribution in [0, 0.1) is 10.5 Å². The van der Waals surface area contributed by atoms with E-state index in [1.54, 1.807) is 12.3 Å². The highest BCUT2D eigenvalue weighted by Crippen LogP contribution is 2.23. The lowest BCUT2D eigenvalue weighted by atomic mass is 10.1. The summed E-state index contributed by atoms with van der Waals surface area (Å²) in [5.74, 6) is -0.246. The van der Waals surface area contributed by atoms with Crippen molar-refractivity contribution in [1.29, 1.82) is 0 Å².